The van der Waals surface area contributed by atoms with E-state index in [1.54, 1.807) is 42.5 Å². The largest absolute Gasteiger partial charge is 0.489 e. The first kappa shape index (κ1) is 43.2. The zero-order valence-corrected chi connectivity index (χ0v) is 30.0. The van der Waals surface area contributed by atoms with Gasteiger partial charge in [-0.1, -0.05) is 30.3 Å². The van der Waals surface area contributed by atoms with Crippen molar-refractivity contribution in [2.45, 2.75) is 51.4 Å². The monoisotopic (exact) mass is 767 g/mol. The highest BCUT2D eigenvalue weighted by atomic mass is 16.5. The number of rotatable bonds is 26. The second-order valence-electron chi connectivity index (χ2n) is 12.1. The van der Waals surface area contributed by atoms with Crippen LogP contribution in [0, 0.1) is 0 Å². The summed E-state index contributed by atoms with van der Waals surface area (Å²) in [6, 6.07) is 18.1. The first-order chi connectivity index (χ1) is 26.4. The Bertz CT molecular complexity index is 1750. The maximum Gasteiger partial charge on any atom is 0.338 e. The van der Waals surface area contributed by atoms with E-state index in [9.17, 15) is 33.9 Å². The van der Waals surface area contributed by atoms with Crippen LogP contribution >= 0.6 is 0 Å². The van der Waals surface area contributed by atoms with Gasteiger partial charge < -0.3 is 50.0 Å². The van der Waals surface area contributed by atoms with Crippen molar-refractivity contribution < 1.29 is 68.1 Å². The van der Waals surface area contributed by atoms with E-state index < -0.39 is 55.1 Å². The van der Waals surface area contributed by atoms with E-state index in [2.05, 4.69) is 16.0 Å². The molecule has 0 spiro atoms. The average molecular weight is 768 g/mol. The molecule has 0 aliphatic heterocycles. The van der Waals surface area contributed by atoms with Crippen molar-refractivity contribution in [1.82, 2.24) is 16.0 Å². The number of carboxylic acid groups (broad SMARTS) is 3. The van der Waals surface area contributed by atoms with Crippen molar-refractivity contribution in [3.05, 3.63) is 77.9 Å². The Labute approximate surface area is 316 Å². The third-order valence-electron chi connectivity index (χ3n) is 7.44. The fourth-order valence-corrected chi connectivity index (χ4v) is 4.76. The molecule has 296 valence electrons. The highest BCUT2D eigenvalue weighted by Gasteiger charge is 2.16. The molecule has 0 saturated carbocycles. The van der Waals surface area contributed by atoms with Gasteiger partial charge in [-0.25, -0.2) is 4.79 Å². The summed E-state index contributed by atoms with van der Waals surface area (Å²) >= 11 is 0. The topological polar surface area (TPSA) is 256 Å². The van der Waals surface area contributed by atoms with Crippen LogP contribution in [0.15, 0.2) is 66.7 Å². The lowest BCUT2D eigenvalue weighted by Gasteiger charge is -2.17. The van der Waals surface area contributed by atoms with E-state index >= 15 is 0 Å². The number of esters is 1. The summed E-state index contributed by atoms with van der Waals surface area (Å²) in [5.41, 5.74) is 1.60. The van der Waals surface area contributed by atoms with E-state index in [1.807, 2.05) is 6.07 Å². The van der Waals surface area contributed by atoms with Gasteiger partial charge in [0.2, 0.25) is 0 Å². The summed E-state index contributed by atoms with van der Waals surface area (Å²) in [5, 5.41) is 44.8. The number of amides is 2. The zero-order valence-electron chi connectivity index (χ0n) is 30.0. The van der Waals surface area contributed by atoms with Gasteiger partial charge in [-0.3, -0.25) is 29.3 Å². The average Bonchev–Trinajstić information content (AvgIpc) is 3.16. The van der Waals surface area contributed by atoms with Crippen molar-refractivity contribution in [3.63, 3.8) is 0 Å². The molecule has 17 nitrogen and oxygen atoms in total. The highest BCUT2D eigenvalue weighted by Crippen LogP contribution is 2.33. The Morgan fingerprint density at radius 3 is 1.64 bits per heavy atom. The summed E-state index contributed by atoms with van der Waals surface area (Å²) in [4.78, 5) is 70.5. The predicted octanol–water partition coefficient (Wildman–Crippen LogP) is 2.58. The number of carbonyl (C=O) groups is 6. The first-order valence-corrected chi connectivity index (χ1v) is 17.4. The Morgan fingerprint density at radius 2 is 1.09 bits per heavy atom. The second-order valence-corrected chi connectivity index (χ2v) is 12.1. The summed E-state index contributed by atoms with van der Waals surface area (Å²) in [6.07, 6.45) is -0.768. The van der Waals surface area contributed by atoms with Crippen molar-refractivity contribution in [2.24, 2.45) is 0 Å². The van der Waals surface area contributed by atoms with Gasteiger partial charge in [0, 0.05) is 38.4 Å². The molecule has 3 rings (SSSR count). The molecule has 0 aromatic heterocycles. The van der Waals surface area contributed by atoms with Crippen LogP contribution in [0.2, 0.25) is 0 Å². The lowest BCUT2D eigenvalue weighted by molar-refractivity contribution is -0.138. The van der Waals surface area contributed by atoms with Crippen LogP contribution in [0.25, 0.3) is 11.1 Å². The molecule has 0 fully saturated rings. The van der Waals surface area contributed by atoms with Crippen molar-refractivity contribution >= 4 is 35.7 Å². The zero-order chi connectivity index (χ0) is 40.0. The Balaban J connectivity index is 1.87. The minimum atomic E-state index is -1.17. The molecule has 3 aromatic carbocycles. The third-order valence-corrected chi connectivity index (χ3v) is 7.44. The lowest BCUT2D eigenvalue weighted by Crippen LogP contribution is -2.35. The van der Waals surface area contributed by atoms with Crippen molar-refractivity contribution in [1.29, 1.82) is 0 Å². The number of hydrogen-bond donors (Lipinski definition) is 7. The fourth-order valence-electron chi connectivity index (χ4n) is 4.76. The number of carboxylic acids is 3. The van der Waals surface area contributed by atoms with E-state index in [1.165, 1.54) is 18.2 Å². The maximum absolute atomic E-state index is 13.3. The molecule has 0 bridgehead atoms. The van der Waals surface area contributed by atoms with Gasteiger partial charge in [0.15, 0.2) is 13.2 Å². The van der Waals surface area contributed by atoms with E-state index in [4.69, 9.17) is 34.3 Å². The third kappa shape index (κ3) is 17.9. The smallest absolute Gasteiger partial charge is 0.338 e. The van der Waals surface area contributed by atoms with Gasteiger partial charge in [0.05, 0.1) is 5.56 Å². The molecule has 1 unspecified atom stereocenters. The fraction of sp³-hybridized carbons (Fsp3) is 0.368. The predicted molar refractivity (Wildman–Crippen MR) is 195 cm³/mol. The quantitative estimate of drug-likeness (QED) is 0.0352. The Morgan fingerprint density at radius 1 is 0.600 bits per heavy atom. The molecule has 7 N–H and O–H groups in total. The molecule has 0 radical (unpaired) electrons. The van der Waals surface area contributed by atoms with Gasteiger partial charge in [-0.05, 0) is 72.8 Å². The van der Waals surface area contributed by atoms with Crippen LogP contribution in [-0.2, 0) is 35.3 Å². The summed E-state index contributed by atoms with van der Waals surface area (Å²) < 4.78 is 22.8. The molecule has 0 aliphatic rings. The molecule has 17 heteroatoms. The number of hydrogen-bond acceptors (Lipinski definition) is 12. The number of nitrogens with one attached hydrogen (secondary N) is 3. The number of aliphatic hydroxyl groups excluding tert-OH is 1. The van der Waals surface area contributed by atoms with Gasteiger partial charge >= 0.3 is 23.9 Å². The summed E-state index contributed by atoms with van der Waals surface area (Å²) in [7, 11) is 0. The number of ether oxygens (including phenoxy) is 4. The van der Waals surface area contributed by atoms with E-state index in [0.29, 0.717) is 11.1 Å². The molecule has 0 heterocycles. The minimum Gasteiger partial charge on any atom is -0.489 e. The van der Waals surface area contributed by atoms with Crippen LogP contribution < -0.4 is 30.2 Å². The van der Waals surface area contributed by atoms with Crippen LogP contribution in [0.1, 0.15) is 54.4 Å². The van der Waals surface area contributed by atoms with Crippen LogP contribution in [0.4, 0.5) is 0 Å². The van der Waals surface area contributed by atoms with Crippen LogP contribution in [0.5, 0.6) is 17.2 Å². The second kappa shape index (κ2) is 23.5. The highest BCUT2D eigenvalue weighted by molar-refractivity contribution is 5.92. The van der Waals surface area contributed by atoms with E-state index in [0.717, 1.165) is 5.56 Å². The molecule has 3 aromatic rings. The van der Waals surface area contributed by atoms with Gasteiger partial charge in [0.25, 0.3) is 11.8 Å². The Hall–Kier alpha value is -6.20. The molecule has 55 heavy (non-hydrogen) atoms. The van der Waals surface area contributed by atoms with E-state index in [-0.39, 0.29) is 94.2 Å². The van der Waals surface area contributed by atoms with Crippen molar-refractivity contribution in [3.8, 4) is 28.4 Å². The molecule has 1 atom stereocenters. The number of aliphatic hydroxyl groups is 1. The van der Waals surface area contributed by atoms with Gasteiger partial charge in [0.1, 0.15) is 36.7 Å². The summed E-state index contributed by atoms with van der Waals surface area (Å²) in [6.45, 7) is -0.724. The standard InChI is InChI=1S/C38H45N3O14/c42-32(39-12-4-9-35(45)46)22-52-29-16-26(15-28(19-29)38(51)55-21-25-7-2-1-3-8-25)27-17-30(53-23-33(43)40-13-5-10-36(47)48)20-31(18-27)54-24-34(44)41-14-6-11-37(49)50/h1-3,7-8,15-20,33,40,43H,4-6,9-14,21-24H2,(H,39,42)(H,41,44)(H,45,46)(H,47,48)(H,49,50). The first-order valence-electron chi connectivity index (χ1n) is 17.4. The van der Waals surface area contributed by atoms with Crippen molar-refractivity contribution in [2.75, 3.05) is 39.5 Å². The SMILES string of the molecule is O=C(O)CCCNC(=O)COc1cc(OCC(O)NCCCC(=O)O)cc(-c2cc(OCC(=O)NCCCC(=O)O)cc(C(=O)OCc3ccccc3)c2)c1. The molecule has 0 saturated heterocycles. The van der Waals surface area contributed by atoms with Crippen LogP contribution in [-0.4, -0.2) is 102 Å². The van der Waals surface area contributed by atoms with Gasteiger partial charge in [-0.15, -0.1) is 0 Å². The normalized spacial score (nSPS) is 11.1. The number of aliphatic carboxylic acids is 3. The Kier molecular flexibility index (Phi) is 18.4. The molecule has 2 amide bonds. The lowest BCUT2D eigenvalue weighted by atomic mass is 10.0. The minimum absolute atomic E-state index is 0.0226. The van der Waals surface area contributed by atoms with Gasteiger partial charge in [-0.2, -0.15) is 0 Å². The molecular weight excluding hydrogens is 722 g/mol. The maximum atomic E-state index is 13.3. The number of carbonyl (C=O) groups excluding carboxylic acids is 3. The molecular formula is C38H45N3O14. The summed E-state index contributed by atoms with van der Waals surface area (Å²) in [5.74, 6) is -4.24. The van der Waals surface area contributed by atoms with Crippen LogP contribution in [0.3, 0.4) is 0 Å². The molecule has 0 aliphatic carbocycles. The number of benzene rings is 3.